The minimum Gasteiger partial charge on any atom is -0.377 e. The van der Waals surface area contributed by atoms with Gasteiger partial charge in [0, 0.05) is 13.2 Å². The highest BCUT2D eigenvalue weighted by molar-refractivity contribution is 4.74. The maximum absolute atomic E-state index is 5.80. The monoisotopic (exact) mass is 228 g/mol. The van der Waals surface area contributed by atoms with E-state index in [1.807, 2.05) is 0 Å². The van der Waals surface area contributed by atoms with Gasteiger partial charge in [-0.25, -0.2) is 0 Å². The second kappa shape index (κ2) is 6.58. The van der Waals surface area contributed by atoms with Crippen LogP contribution in [0.2, 0.25) is 0 Å². The van der Waals surface area contributed by atoms with E-state index in [-0.39, 0.29) is 0 Å². The molecule has 1 heterocycles. The van der Waals surface area contributed by atoms with Gasteiger partial charge in [-0.2, -0.15) is 0 Å². The Morgan fingerprint density at radius 2 is 2.19 bits per heavy atom. The summed E-state index contributed by atoms with van der Waals surface area (Å²) in [5.74, 6) is 0.585. The van der Waals surface area contributed by atoms with Gasteiger partial charge in [0.2, 0.25) is 0 Å². The lowest BCUT2D eigenvalue weighted by molar-refractivity contribution is 0.108. The predicted molar refractivity (Wildman–Crippen MR) is 68.5 cm³/mol. The van der Waals surface area contributed by atoms with Crippen LogP contribution in [-0.2, 0) is 4.74 Å². The Labute approximate surface area is 100 Å². The topological polar surface area (TPSA) is 47.3 Å². The summed E-state index contributed by atoms with van der Waals surface area (Å²) in [6.07, 6.45) is 4.05. The van der Waals surface area contributed by atoms with Crippen molar-refractivity contribution in [1.29, 1.82) is 0 Å². The van der Waals surface area contributed by atoms with Gasteiger partial charge in [-0.05, 0) is 43.7 Å². The van der Waals surface area contributed by atoms with Crippen LogP contribution >= 0.6 is 0 Å². The summed E-state index contributed by atoms with van der Waals surface area (Å²) in [5, 5.41) is 3.50. The Balaban J connectivity index is 2.13. The van der Waals surface area contributed by atoms with E-state index < -0.39 is 0 Å². The van der Waals surface area contributed by atoms with Crippen molar-refractivity contribution in [2.45, 2.75) is 46.1 Å². The molecule has 2 atom stereocenters. The van der Waals surface area contributed by atoms with Crippen molar-refractivity contribution < 1.29 is 4.74 Å². The second-order valence-corrected chi connectivity index (χ2v) is 6.16. The van der Waals surface area contributed by atoms with Crippen LogP contribution in [-0.4, -0.2) is 32.3 Å². The highest BCUT2D eigenvalue weighted by Gasteiger charge is 2.19. The van der Waals surface area contributed by atoms with Crippen molar-refractivity contribution in [1.82, 2.24) is 5.32 Å². The molecule has 0 spiro atoms. The molecule has 3 heteroatoms. The summed E-state index contributed by atoms with van der Waals surface area (Å²) in [6.45, 7) is 10.5. The van der Waals surface area contributed by atoms with Gasteiger partial charge in [0.05, 0.1) is 6.10 Å². The van der Waals surface area contributed by atoms with Crippen molar-refractivity contribution in [3.8, 4) is 0 Å². The van der Waals surface area contributed by atoms with E-state index in [1.165, 1.54) is 19.3 Å². The molecule has 0 aromatic carbocycles. The van der Waals surface area contributed by atoms with Crippen LogP contribution in [0, 0.1) is 11.3 Å². The molecule has 16 heavy (non-hydrogen) atoms. The smallest absolute Gasteiger partial charge is 0.0700 e. The standard InChI is InChI=1S/C13H28N2O/c1-13(2,3)7-11(8-14)9-15-10-12-5-4-6-16-12/h11-12,15H,4-10,14H2,1-3H3. The summed E-state index contributed by atoms with van der Waals surface area (Å²) < 4.78 is 5.58. The lowest BCUT2D eigenvalue weighted by atomic mass is 9.84. The number of rotatable bonds is 6. The average molecular weight is 228 g/mol. The van der Waals surface area contributed by atoms with E-state index in [4.69, 9.17) is 10.5 Å². The van der Waals surface area contributed by atoms with Gasteiger partial charge in [-0.15, -0.1) is 0 Å². The van der Waals surface area contributed by atoms with Crippen LogP contribution < -0.4 is 11.1 Å². The molecule has 0 aromatic heterocycles. The molecule has 1 aliphatic rings. The van der Waals surface area contributed by atoms with Crippen LogP contribution in [0.15, 0.2) is 0 Å². The van der Waals surface area contributed by atoms with Crippen LogP contribution in [0.5, 0.6) is 0 Å². The van der Waals surface area contributed by atoms with E-state index >= 15 is 0 Å². The Morgan fingerprint density at radius 1 is 1.44 bits per heavy atom. The van der Waals surface area contributed by atoms with Crippen molar-refractivity contribution in [3.05, 3.63) is 0 Å². The van der Waals surface area contributed by atoms with Crippen LogP contribution in [0.4, 0.5) is 0 Å². The Hall–Kier alpha value is -0.120. The molecule has 0 bridgehead atoms. The van der Waals surface area contributed by atoms with E-state index in [0.29, 0.717) is 17.4 Å². The average Bonchev–Trinajstić information content (AvgIpc) is 2.67. The van der Waals surface area contributed by atoms with Crippen LogP contribution in [0.25, 0.3) is 0 Å². The molecule has 1 rings (SSSR count). The van der Waals surface area contributed by atoms with Gasteiger partial charge in [0.15, 0.2) is 0 Å². The zero-order valence-electron chi connectivity index (χ0n) is 11.1. The number of hydrogen-bond acceptors (Lipinski definition) is 3. The second-order valence-electron chi connectivity index (χ2n) is 6.16. The quantitative estimate of drug-likeness (QED) is 0.728. The van der Waals surface area contributed by atoms with Gasteiger partial charge in [0.25, 0.3) is 0 Å². The predicted octanol–water partition coefficient (Wildman–Crippen LogP) is 1.77. The number of nitrogens with two attached hydrogens (primary N) is 1. The Bertz CT molecular complexity index is 183. The third-order valence-corrected chi connectivity index (χ3v) is 3.06. The number of hydrogen-bond donors (Lipinski definition) is 2. The largest absolute Gasteiger partial charge is 0.377 e. The molecule has 0 saturated carbocycles. The molecular weight excluding hydrogens is 200 g/mol. The third kappa shape index (κ3) is 5.83. The SMILES string of the molecule is CC(C)(C)CC(CN)CNCC1CCCO1. The van der Waals surface area contributed by atoms with E-state index in [2.05, 4.69) is 26.1 Å². The number of ether oxygens (including phenoxy) is 1. The first-order valence-corrected chi connectivity index (χ1v) is 6.53. The fourth-order valence-electron chi connectivity index (χ4n) is 2.36. The minimum absolute atomic E-state index is 0.371. The molecule has 0 aromatic rings. The molecule has 0 amide bonds. The molecule has 1 aliphatic heterocycles. The maximum atomic E-state index is 5.80. The molecule has 96 valence electrons. The molecule has 0 radical (unpaired) electrons. The van der Waals surface area contributed by atoms with E-state index in [9.17, 15) is 0 Å². The van der Waals surface area contributed by atoms with E-state index in [0.717, 1.165) is 26.2 Å². The van der Waals surface area contributed by atoms with Crippen molar-refractivity contribution in [3.63, 3.8) is 0 Å². The lowest BCUT2D eigenvalue weighted by Crippen LogP contribution is -2.35. The fourth-order valence-corrected chi connectivity index (χ4v) is 2.36. The molecule has 3 N–H and O–H groups in total. The van der Waals surface area contributed by atoms with E-state index in [1.54, 1.807) is 0 Å². The molecule has 1 fully saturated rings. The first-order valence-electron chi connectivity index (χ1n) is 6.53. The highest BCUT2D eigenvalue weighted by atomic mass is 16.5. The van der Waals surface area contributed by atoms with Crippen molar-refractivity contribution in [2.24, 2.45) is 17.1 Å². The van der Waals surface area contributed by atoms with Gasteiger partial charge < -0.3 is 15.8 Å². The van der Waals surface area contributed by atoms with Gasteiger partial charge in [0.1, 0.15) is 0 Å². The van der Waals surface area contributed by atoms with Crippen molar-refractivity contribution >= 4 is 0 Å². The molecule has 1 saturated heterocycles. The normalized spacial score (nSPS) is 23.6. The third-order valence-electron chi connectivity index (χ3n) is 3.06. The fraction of sp³-hybridized carbons (Fsp3) is 1.00. The Morgan fingerprint density at radius 3 is 2.69 bits per heavy atom. The summed E-state index contributed by atoms with van der Waals surface area (Å²) in [5.41, 5.74) is 6.17. The van der Waals surface area contributed by atoms with Crippen LogP contribution in [0.3, 0.4) is 0 Å². The lowest BCUT2D eigenvalue weighted by Gasteiger charge is -2.25. The summed E-state index contributed by atoms with van der Waals surface area (Å²) >= 11 is 0. The summed E-state index contributed by atoms with van der Waals surface area (Å²) in [7, 11) is 0. The van der Waals surface area contributed by atoms with Gasteiger partial charge in [-0.1, -0.05) is 20.8 Å². The summed E-state index contributed by atoms with van der Waals surface area (Å²) in [6, 6.07) is 0. The highest BCUT2D eigenvalue weighted by Crippen LogP contribution is 2.23. The zero-order chi connectivity index (χ0) is 12.0. The van der Waals surface area contributed by atoms with Gasteiger partial charge >= 0.3 is 0 Å². The summed E-state index contributed by atoms with van der Waals surface area (Å²) in [4.78, 5) is 0. The number of nitrogens with one attached hydrogen (secondary N) is 1. The van der Waals surface area contributed by atoms with Crippen molar-refractivity contribution in [2.75, 3.05) is 26.2 Å². The zero-order valence-corrected chi connectivity index (χ0v) is 11.1. The molecule has 0 aliphatic carbocycles. The molecule has 3 nitrogen and oxygen atoms in total. The molecule has 2 unspecified atom stereocenters. The minimum atomic E-state index is 0.371. The first kappa shape index (κ1) is 13.9. The van der Waals surface area contributed by atoms with Crippen LogP contribution in [0.1, 0.15) is 40.0 Å². The van der Waals surface area contributed by atoms with Gasteiger partial charge in [-0.3, -0.25) is 0 Å². The maximum Gasteiger partial charge on any atom is 0.0700 e. The molecular formula is C13H28N2O. The first-order chi connectivity index (χ1) is 7.51. The Kier molecular flexibility index (Phi) is 5.73.